The number of hydrogen-bond acceptors (Lipinski definition) is 5. The molecule has 3 aliphatic rings. The molecule has 3 unspecified atom stereocenters. The van der Waals surface area contributed by atoms with Crippen LogP contribution in [0.15, 0.2) is 72.8 Å². The molecular formula is C29H27N3O4. The smallest absolute Gasteiger partial charge is 0.269 e. The minimum atomic E-state index is -1.12. The average Bonchev–Trinajstić information content (AvgIpc) is 3.57. The van der Waals surface area contributed by atoms with Crippen molar-refractivity contribution in [2.45, 2.75) is 43.7 Å². The van der Waals surface area contributed by atoms with E-state index in [1.54, 1.807) is 12.1 Å². The summed E-state index contributed by atoms with van der Waals surface area (Å²) in [5.74, 6) is -1.17. The molecule has 4 atom stereocenters. The van der Waals surface area contributed by atoms with Gasteiger partial charge in [0.2, 0.25) is 5.91 Å². The number of rotatable bonds is 5. The van der Waals surface area contributed by atoms with Crippen molar-refractivity contribution < 1.29 is 14.5 Å². The lowest BCUT2D eigenvalue weighted by atomic mass is 9.68. The molecule has 3 heterocycles. The first-order valence-corrected chi connectivity index (χ1v) is 12.5. The molecule has 7 heteroatoms. The standard InChI is InChI=1S/C29H27N3O4/c1-2-18-9-11-20(12-10-18)27(33)26-25(19-13-15-21(16-14-19)32(35)36)24-8-5-17-31(24)29(26)22-6-3-4-7-23(22)30-28(29)34/h3-4,6-7,9-16,24-26H,2,5,8,17H2,1H3,(H,30,34)/t24?,25?,26?,29-/m1/s1. The number of benzene rings is 3. The molecule has 2 fully saturated rings. The summed E-state index contributed by atoms with van der Waals surface area (Å²) >= 11 is 0. The molecule has 1 N–H and O–H groups in total. The monoisotopic (exact) mass is 481 g/mol. The highest BCUT2D eigenvalue weighted by Gasteiger charge is 2.69. The van der Waals surface area contributed by atoms with Crippen molar-refractivity contribution >= 4 is 23.1 Å². The topological polar surface area (TPSA) is 92.5 Å². The minimum absolute atomic E-state index is 0.0109. The Morgan fingerprint density at radius 3 is 2.50 bits per heavy atom. The second-order valence-electron chi connectivity index (χ2n) is 9.94. The van der Waals surface area contributed by atoms with Gasteiger partial charge in [-0.3, -0.25) is 24.6 Å². The maximum Gasteiger partial charge on any atom is 0.269 e. The summed E-state index contributed by atoms with van der Waals surface area (Å²) in [6, 6.07) is 21.8. The number of amides is 1. The predicted octanol–water partition coefficient (Wildman–Crippen LogP) is 5.07. The van der Waals surface area contributed by atoms with Gasteiger partial charge >= 0.3 is 0 Å². The van der Waals surface area contributed by atoms with Gasteiger partial charge in [-0.05, 0) is 43.0 Å². The van der Waals surface area contributed by atoms with Gasteiger partial charge in [0.25, 0.3) is 5.69 Å². The zero-order chi connectivity index (χ0) is 25.0. The molecule has 0 aliphatic carbocycles. The normalized spacial score (nSPS) is 26.6. The van der Waals surface area contributed by atoms with E-state index < -0.39 is 16.4 Å². The number of fused-ring (bicyclic) bond motifs is 4. The van der Waals surface area contributed by atoms with Crippen LogP contribution in [0.3, 0.4) is 0 Å². The van der Waals surface area contributed by atoms with Crippen molar-refractivity contribution in [3.8, 4) is 0 Å². The molecule has 0 saturated carbocycles. The van der Waals surface area contributed by atoms with Gasteiger partial charge in [-0.2, -0.15) is 0 Å². The second-order valence-corrected chi connectivity index (χ2v) is 9.94. The third kappa shape index (κ3) is 3.09. The van der Waals surface area contributed by atoms with Crippen LogP contribution >= 0.6 is 0 Å². The minimum Gasteiger partial charge on any atom is -0.324 e. The Morgan fingerprint density at radius 2 is 1.81 bits per heavy atom. The Bertz CT molecular complexity index is 1370. The van der Waals surface area contributed by atoms with Crippen LogP contribution in [-0.2, 0) is 16.8 Å². The molecule has 1 spiro atoms. The van der Waals surface area contributed by atoms with Crippen LogP contribution in [0.1, 0.15) is 52.7 Å². The van der Waals surface area contributed by atoms with Crippen molar-refractivity contribution in [3.05, 3.63) is 105 Å². The summed E-state index contributed by atoms with van der Waals surface area (Å²) in [6.45, 7) is 2.79. The van der Waals surface area contributed by atoms with Crippen LogP contribution in [0.25, 0.3) is 0 Å². The van der Waals surface area contributed by atoms with Crippen LogP contribution in [-0.4, -0.2) is 34.1 Å². The zero-order valence-electron chi connectivity index (χ0n) is 20.0. The Kier molecular flexibility index (Phi) is 5.26. The molecule has 0 aromatic heterocycles. The van der Waals surface area contributed by atoms with E-state index in [1.165, 1.54) is 12.1 Å². The Balaban J connectivity index is 1.56. The Labute approximate surface area is 209 Å². The van der Waals surface area contributed by atoms with Gasteiger partial charge in [0.05, 0.1) is 10.8 Å². The fraction of sp³-hybridized carbons (Fsp3) is 0.310. The fourth-order valence-corrected chi connectivity index (χ4v) is 6.79. The molecule has 2 saturated heterocycles. The summed E-state index contributed by atoms with van der Waals surface area (Å²) in [6.07, 6.45) is 2.66. The first-order chi connectivity index (χ1) is 17.5. The zero-order valence-corrected chi connectivity index (χ0v) is 20.0. The molecule has 3 aliphatic heterocycles. The van der Waals surface area contributed by atoms with Crippen LogP contribution in [0, 0.1) is 16.0 Å². The molecule has 3 aromatic carbocycles. The number of nitro benzene ring substituents is 1. The number of anilines is 1. The number of carbonyl (C=O) groups excluding carboxylic acids is 2. The molecule has 3 aromatic rings. The highest BCUT2D eigenvalue weighted by atomic mass is 16.6. The van der Waals surface area contributed by atoms with E-state index in [9.17, 15) is 19.7 Å². The van der Waals surface area contributed by atoms with Crippen LogP contribution in [0.2, 0.25) is 0 Å². The third-order valence-corrected chi connectivity index (χ3v) is 8.33. The maximum absolute atomic E-state index is 14.4. The Hall–Kier alpha value is -3.84. The number of non-ortho nitro benzene ring substituents is 1. The molecule has 0 bridgehead atoms. The number of Topliss-reactive ketones (excluding diaryl/α,β-unsaturated/α-hetero) is 1. The summed E-state index contributed by atoms with van der Waals surface area (Å²) in [5, 5.41) is 14.4. The van der Waals surface area contributed by atoms with E-state index in [1.807, 2.05) is 48.5 Å². The van der Waals surface area contributed by atoms with Crippen LogP contribution in [0.4, 0.5) is 11.4 Å². The van der Waals surface area contributed by atoms with Crippen molar-refractivity contribution in [1.82, 2.24) is 4.90 Å². The molecule has 36 heavy (non-hydrogen) atoms. The molecule has 1 amide bonds. The van der Waals surface area contributed by atoms with Crippen molar-refractivity contribution in [2.24, 2.45) is 5.92 Å². The van der Waals surface area contributed by atoms with E-state index in [-0.39, 0.29) is 29.3 Å². The van der Waals surface area contributed by atoms with E-state index >= 15 is 0 Å². The first kappa shape index (κ1) is 22.6. The van der Waals surface area contributed by atoms with E-state index in [0.717, 1.165) is 41.6 Å². The van der Waals surface area contributed by atoms with Gasteiger partial charge < -0.3 is 5.32 Å². The van der Waals surface area contributed by atoms with Gasteiger partial charge in [0.15, 0.2) is 5.78 Å². The lowest BCUT2D eigenvalue weighted by molar-refractivity contribution is -0.384. The summed E-state index contributed by atoms with van der Waals surface area (Å²) in [7, 11) is 0. The van der Waals surface area contributed by atoms with Gasteiger partial charge in [-0.15, -0.1) is 0 Å². The fourth-order valence-electron chi connectivity index (χ4n) is 6.79. The van der Waals surface area contributed by atoms with Crippen molar-refractivity contribution in [2.75, 3.05) is 11.9 Å². The van der Waals surface area contributed by atoms with E-state index in [4.69, 9.17) is 0 Å². The van der Waals surface area contributed by atoms with Crippen molar-refractivity contribution in [3.63, 3.8) is 0 Å². The molecular weight excluding hydrogens is 454 g/mol. The number of aryl methyl sites for hydroxylation is 1. The van der Waals surface area contributed by atoms with Gasteiger partial charge in [0, 0.05) is 40.9 Å². The largest absolute Gasteiger partial charge is 0.324 e. The molecule has 6 rings (SSSR count). The van der Waals surface area contributed by atoms with Gasteiger partial charge in [0.1, 0.15) is 5.54 Å². The summed E-state index contributed by atoms with van der Waals surface area (Å²) in [4.78, 5) is 41.5. The van der Waals surface area contributed by atoms with Crippen LogP contribution < -0.4 is 5.32 Å². The SMILES string of the molecule is CCc1ccc(C(=O)C2C(c3ccc([N+](=O)[O-])cc3)C3CCCN3[C@@]23C(=O)Nc2ccccc23)cc1. The number of nitro groups is 1. The number of para-hydroxylation sites is 1. The Morgan fingerprint density at radius 1 is 1.08 bits per heavy atom. The number of hydrogen-bond donors (Lipinski definition) is 1. The third-order valence-electron chi connectivity index (χ3n) is 8.33. The number of nitrogens with one attached hydrogen (secondary N) is 1. The lowest BCUT2D eigenvalue weighted by Crippen LogP contribution is -2.52. The second kappa shape index (κ2) is 8.38. The number of nitrogens with zero attached hydrogens (tertiary/aromatic N) is 2. The number of carbonyl (C=O) groups is 2. The van der Waals surface area contributed by atoms with E-state index in [0.29, 0.717) is 12.1 Å². The predicted molar refractivity (Wildman–Crippen MR) is 136 cm³/mol. The maximum atomic E-state index is 14.4. The summed E-state index contributed by atoms with van der Waals surface area (Å²) in [5.41, 5.74) is 3.06. The lowest BCUT2D eigenvalue weighted by Gasteiger charge is -2.36. The average molecular weight is 482 g/mol. The van der Waals surface area contributed by atoms with E-state index in [2.05, 4.69) is 17.1 Å². The highest BCUT2D eigenvalue weighted by molar-refractivity contribution is 6.12. The van der Waals surface area contributed by atoms with Gasteiger partial charge in [-0.1, -0.05) is 61.5 Å². The summed E-state index contributed by atoms with van der Waals surface area (Å²) < 4.78 is 0. The molecule has 182 valence electrons. The highest BCUT2D eigenvalue weighted by Crippen LogP contribution is 2.61. The quantitative estimate of drug-likeness (QED) is 0.312. The van der Waals surface area contributed by atoms with Crippen LogP contribution in [0.5, 0.6) is 0 Å². The first-order valence-electron chi connectivity index (χ1n) is 12.5. The molecule has 0 radical (unpaired) electrons. The molecule has 7 nitrogen and oxygen atoms in total. The number of ketones is 1. The van der Waals surface area contributed by atoms with Gasteiger partial charge in [-0.25, -0.2) is 0 Å². The van der Waals surface area contributed by atoms with Crippen molar-refractivity contribution in [1.29, 1.82) is 0 Å².